The zero-order chi connectivity index (χ0) is 28.2. The van der Waals surface area contributed by atoms with E-state index < -0.39 is 13.7 Å². The van der Waals surface area contributed by atoms with Crippen LogP contribution in [0.1, 0.15) is 32.9 Å². The van der Waals surface area contributed by atoms with Crippen molar-refractivity contribution in [2.24, 2.45) is 0 Å². The maximum atomic E-state index is 12.7. The van der Waals surface area contributed by atoms with Crippen LogP contribution < -0.4 is 4.74 Å². The van der Waals surface area contributed by atoms with E-state index in [2.05, 4.69) is 40.5 Å². The number of aromatic nitrogens is 3. The first-order valence-electron chi connectivity index (χ1n) is 13.6. The summed E-state index contributed by atoms with van der Waals surface area (Å²) >= 11 is 0. The van der Waals surface area contributed by atoms with E-state index in [1.54, 1.807) is 7.11 Å². The molecule has 4 rings (SSSR count). The fourth-order valence-corrected chi connectivity index (χ4v) is 5.23. The molecule has 1 aliphatic rings. The van der Waals surface area contributed by atoms with Crippen LogP contribution in [0.3, 0.4) is 0 Å². The Morgan fingerprint density at radius 1 is 1.13 bits per heavy atom. The van der Waals surface area contributed by atoms with Crippen molar-refractivity contribution >= 4 is 25.2 Å². The van der Waals surface area contributed by atoms with Crippen molar-refractivity contribution < 1.29 is 23.7 Å². The second-order valence-corrected chi connectivity index (χ2v) is 17.9. The summed E-state index contributed by atoms with van der Waals surface area (Å²) in [5.74, 6) is 0.685. The molecule has 0 aliphatic carbocycles. The number of carbonyl (C=O) groups excluding carboxylic acids is 1. The molecule has 39 heavy (non-hydrogen) atoms. The van der Waals surface area contributed by atoms with Crippen molar-refractivity contribution in [1.82, 2.24) is 19.7 Å². The molecule has 3 aromatic rings. The highest BCUT2D eigenvalue weighted by Gasteiger charge is 2.36. The van der Waals surface area contributed by atoms with Crippen LogP contribution in [0.4, 0.5) is 4.79 Å². The summed E-state index contributed by atoms with van der Waals surface area (Å²) in [6.45, 7) is 14.7. The number of carbonyl (C=O) groups is 1. The van der Waals surface area contributed by atoms with E-state index in [-0.39, 0.29) is 18.9 Å². The van der Waals surface area contributed by atoms with E-state index in [1.807, 2.05) is 56.0 Å². The number of hydrogen-bond donors (Lipinski definition) is 0. The largest absolute Gasteiger partial charge is 0.467 e. The van der Waals surface area contributed by atoms with Crippen LogP contribution >= 0.6 is 0 Å². The van der Waals surface area contributed by atoms with E-state index in [4.69, 9.17) is 18.9 Å². The minimum Gasteiger partial charge on any atom is -0.467 e. The summed E-state index contributed by atoms with van der Waals surface area (Å²) in [6.07, 6.45) is 1.36. The third-order valence-corrected chi connectivity index (χ3v) is 8.36. The zero-order valence-corrected chi connectivity index (χ0v) is 25.3. The molecule has 1 aromatic carbocycles. The lowest BCUT2D eigenvalue weighted by atomic mass is 9.98. The number of fused-ring (bicyclic) bond motifs is 1. The van der Waals surface area contributed by atoms with Gasteiger partial charge in [-0.3, -0.25) is 0 Å². The Morgan fingerprint density at radius 2 is 1.90 bits per heavy atom. The average Bonchev–Trinajstić information content (AvgIpc) is 3.18. The first-order valence-corrected chi connectivity index (χ1v) is 17.3. The quantitative estimate of drug-likeness (QED) is 0.165. The molecular weight excluding hydrogens is 512 g/mol. The molecule has 1 saturated heterocycles. The van der Waals surface area contributed by atoms with Gasteiger partial charge in [-0.05, 0) is 57.5 Å². The number of ether oxygens (including phenoxy) is 4. The number of rotatable bonds is 11. The molecule has 0 radical (unpaired) electrons. The second-order valence-electron chi connectivity index (χ2n) is 12.3. The summed E-state index contributed by atoms with van der Waals surface area (Å²) in [6, 6.07) is 13.1. The molecule has 0 bridgehead atoms. The van der Waals surface area contributed by atoms with Crippen molar-refractivity contribution in [3.05, 3.63) is 42.1 Å². The lowest BCUT2D eigenvalue weighted by Crippen LogP contribution is -2.53. The van der Waals surface area contributed by atoms with Crippen molar-refractivity contribution in [3.8, 4) is 17.0 Å². The molecule has 212 valence electrons. The molecular formula is C29H42N4O5Si. The second kappa shape index (κ2) is 12.1. The molecule has 9 nitrogen and oxygen atoms in total. The normalized spacial score (nSPS) is 15.9. The highest BCUT2D eigenvalue weighted by atomic mass is 28.3. The van der Waals surface area contributed by atoms with Crippen LogP contribution in [-0.2, 0) is 27.4 Å². The predicted molar refractivity (Wildman–Crippen MR) is 155 cm³/mol. The van der Waals surface area contributed by atoms with Crippen molar-refractivity contribution in [2.45, 2.75) is 77.7 Å². The van der Waals surface area contributed by atoms with Gasteiger partial charge in [-0.25, -0.2) is 4.79 Å². The van der Waals surface area contributed by atoms with Crippen LogP contribution in [0.2, 0.25) is 25.7 Å². The summed E-state index contributed by atoms with van der Waals surface area (Å²) in [4.78, 5) is 14.6. The van der Waals surface area contributed by atoms with Gasteiger partial charge in [-0.15, -0.1) is 10.2 Å². The molecule has 1 aliphatic heterocycles. The SMILES string of the molecule is COCOc1ccccc1-c1cc2cc(CC3CCN3C(=O)OC(C)(C)C)n(COCC[Si](C)(C)C)c2nn1. The van der Waals surface area contributed by atoms with Gasteiger partial charge < -0.3 is 28.4 Å². The van der Waals surface area contributed by atoms with Gasteiger partial charge in [-0.2, -0.15) is 0 Å². The zero-order valence-electron chi connectivity index (χ0n) is 24.3. The standard InChI is InChI=1S/C29H42N4O5Si/c1-29(2,3)38-28(34)32-13-12-22(32)18-23-16-21-17-25(24-10-8-9-11-26(24)37-20-35-4)30-31-27(21)33(23)19-36-14-15-39(5,6)7/h8-11,16-17,22H,12-15,18-20H2,1-7H3. The molecule has 0 spiro atoms. The predicted octanol–water partition coefficient (Wildman–Crippen LogP) is 5.95. The smallest absolute Gasteiger partial charge is 0.410 e. The van der Waals surface area contributed by atoms with Crippen molar-refractivity contribution in [1.29, 1.82) is 0 Å². The Bertz CT molecular complexity index is 1280. The van der Waals surface area contributed by atoms with E-state index in [9.17, 15) is 4.79 Å². The fraction of sp³-hybridized carbons (Fsp3) is 0.552. The van der Waals surface area contributed by atoms with Gasteiger partial charge in [0.15, 0.2) is 12.4 Å². The maximum absolute atomic E-state index is 12.7. The van der Waals surface area contributed by atoms with Gasteiger partial charge in [0.05, 0.1) is 5.69 Å². The van der Waals surface area contributed by atoms with Gasteiger partial charge in [0.25, 0.3) is 0 Å². The third kappa shape index (κ3) is 7.58. The Balaban J connectivity index is 1.62. The third-order valence-electron chi connectivity index (χ3n) is 6.66. The van der Waals surface area contributed by atoms with Crippen molar-refractivity contribution in [2.75, 3.05) is 27.1 Å². The Kier molecular flexibility index (Phi) is 8.98. The minimum atomic E-state index is -1.21. The molecule has 2 aromatic heterocycles. The number of methoxy groups -OCH3 is 1. The minimum absolute atomic E-state index is 0.0699. The molecule has 10 heteroatoms. The molecule has 1 amide bonds. The highest BCUT2D eigenvalue weighted by molar-refractivity contribution is 6.76. The first-order chi connectivity index (χ1) is 18.4. The molecule has 0 saturated carbocycles. The van der Waals surface area contributed by atoms with Crippen LogP contribution in [0.15, 0.2) is 36.4 Å². The number of amides is 1. The van der Waals surface area contributed by atoms with Gasteiger partial charge in [0.2, 0.25) is 0 Å². The Morgan fingerprint density at radius 3 is 2.56 bits per heavy atom. The van der Waals surface area contributed by atoms with Gasteiger partial charge >= 0.3 is 6.09 Å². The highest BCUT2D eigenvalue weighted by Crippen LogP contribution is 2.32. The molecule has 3 heterocycles. The Hall–Kier alpha value is -2.95. The van der Waals surface area contributed by atoms with E-state index in [0.29, 0.717) is 32.1 Å². The van der Waals surface area contributed by atoms with Gasteiger partial charge in [-0.1, -0.05) is 31.8 Å². The van der Waals surface area contributed by atoms with Crippen LogP contribution in [0.25, 0.3) is 22.3 Å². The van der Waals surface area contributed by atoms with Crippen molar-refractivity contribution in [3.63, 3.8) is 0 Å². The van der Waals surface area contributed by atoms with E-state index >= 15 is 0 Å². The molecule has 1 fully saturated rings. The van der Waals surface area contributed by atoms with Crippen LogP contribution in [-0.4, -0.2) is 72.5 Å². The number of benzene rings is 1. The summed E-state index contributed by atoms with van der Waals surface area (Å²) in [7, 11) is 0.382. The molecule has 1 atom stereocenters. The summed E-state index contributed by atoms with van der Waals surface area (Å²) < 4.78 is 24.7. The molecule has 0 N–H and O–H groups in total. The lowest BCUT2D eigenvalue weighted by molar-refractivity contribution is -0.00555. The van der Waals surface area contributed by atoms with Gasteiger partial charge in [0, 0.05) is 57.4 Å². The number of likely N-dealkylation sites (tertiary alicyclic amines) is 1. The fourth-order valence-electron chi connectivity index (χ4n) is 4.47. The number of para-hydroxylation sites is 1. The van der Waals surface area contributed by atoms with Crippen LogP contribution in [0, 0.1) is 0 Å². The monoisotopic (exact) mass is 554 g/mol. The van der Waals surface area contributed by atoms with Gasteiger partial charge in [0.1, 0.15) is 18.1 Å². The molecule has 1 unspecified atom stereocenters. The number of nitrogens with zero attached hydrogens (tertiary/aromatic N) is 4. The topological polar surface area (TPSA) is 87.9 Å². The first kappa shape index (κ1) is 29.0. The number of hydrogen-bond acceptors (Lipinski definition) is 7. The van der Waals surface area contributed by atoms with Crippen LogP contribution in [0.5, 0.6) is 5.75 Å². The van der Waals surface area contributed by atoms with E-state index in [1.165, 1.54) is 0 Å². The summed E-state index contributed by atoms with van der Waals surface area (Å²) in [5, 5.41) is 10.2. The average molecular weight is 555 g/mol. The lowest BCUT2D eigenvalue weighted by Gasteiger charge is -2.41. The summed E-state index contributed by atoms with van der Waals surface area (Å²) in [5.41, 5.74) is 2.87. The Labute approximate surface area is 232 Å². The van der Waals surface area contributed by atoms with E-state index in [0.717, 1.165) is 40.4 Å². The maximum Gasteiger partial charge on any atom is 0.410 e.